The maximum atomic E-state index is 12.3. The maximum absolute atomic E-state index is 12.3. The number of aromatic hydroxyl groups is 1. The van der Waals surface area contributed by atoms with Crippen molar-refractivity contribution in [3.05, 3.63) is 60.2 Å². The molecule has 0 radical (unpaired) electrons. The third kappa shape index (κ3) is 2.80. The largest absolute Gasteiger partial charge is 0.508 e. The number of nitrogens with zero attached hydrogens (tertiary/aromatic N) is 1. The molecular formula is C15H13NO3. The summed E-state index contributed by atoms with van der Waals surface area (Å²) in [6, 6.07) is 14.5. The van der Waals surface area contributed by atoms with Gasteiger partial charge >= 0.3 is 0 Å². The number of amides is 2. The number of anilines is 1. The second-order valence-electron chi connectivity index (χ2n) is 4.04. The molecule has 4 heteroatoms. The molecule has 96 valence electrons. The van der Waals surface area contributed by atoms with Crippen LogP contribution in [-0.4, -0.2) is 16.9 Å². The van der Waals surface area contributed by atoms with Gasteiger partial charge in [-0.3, -0.25) is 9.59 Å². The van der Waals surface area contributed by atoms with Gasteiger partial charge in [0.05, 0.1) is 5.69 Å². The molecule has 0 aliphatic rings. The first kappa shape index (κ1) is 12.8. The van der Waals surface area contributed by atoms with Crippen molar-refractivity contribution in [2.24, 2.45) is 0 Å². The van der Waals surface area contributed by atoms with E-state index in [1.54, 1.807) is 30.3 Å². The van der Waals surface area contributed by atoms with Gasteiger partial charge in [0.2, 0.25) is 5.91 Å². The van der Waals surface area contributed by atoms with Gasteiger partial charge in [0.25, 0.3) is 5.91 Å². The zero-order valence-corrected chi connectivity index (χ0v) is 10.4. The summed E-state index contributed by atoms with van der Waals surface area (Å²) in [6.07, 6.45) is 0. The molecule has 2 rings (SSSR count). The molecule has 0 saturated carbocycles. The van der Waals surface area contributed by atoms with Crippen LogP contribution < -0.4 is 4.90 Å². The Morgan fingerprint density at radius 2 is 1.53 bits per heavy atom. The van der Waals surface area contributed by atoms with Gasteiger partial charge in [-0.2, -0.15) is 0 Å². The van der Waals surface area contributed by atoms with Crippen molar-refractivity contribution in [1.29, 1.82) is 0 Å². The Morgan fingerprint density at radius 1 is 0.947 bits per heavy atom. The van der Waals surface area contributed by atoms with E-state index in [1.165, 1.54) is 31.2 Å². The summed E-state index contributed by atoms with van der Waals surface area (Å²) < 4.78 is 0. The topological polar surface area (TPSA) is 57.6 Å². The van der Waals surface area contributed by atoms with Crippen LogP contribution in [0.3, 0.4) is 0 Å². The fourth-order valence-electron chi connectivity index (χ4n) is 1.75. The van der Waals surface area contributed by atoms with Gasteiger partial charge in [0, 0.05) is 12.5 Å². The van der Waals surface area contributed by atoms with E-state index in [9.17, 15) is 14.7 Å². The minimum atomic E-state index is -0.390. The molecule has 0 aliphatic heterocycles. The summed E-state index contributed by atoms with van der Waals surface area (Å²) in [5.74, 6) is -0.683. The number of phenols is 1. The molecular weight excluding hydrogens is 242 g/mol. The van der Waals surface area contributed by atoms with Crippen LogP contribution in [-0.2, 0) is 4.79 Å². The zero-order valence-electron chi connectivity index (χ0n) is 10.4. The molecule has 0 fully saturated rings. The highest BCUT2D eigenvalue weighted by molar-refractivity contribution is 6.20. The lowest BCUT2D eigenvalue weighted by Gasteiger charge is -2.19. The van der Waals surface area contributed by atoms with Crippen molar-refractivity contribution in [2.45, 2.75) is 6.92 Å². The summed E-state index contributed by atoms with van der Waals surface area (Å²) in [6.45, 7) is 1.33. The minimum Gasteiger partial charge on any atom is -0.508 e. The second kappa shape index (κ2) is 5.35. The highest BCUT2D eigenvalue weighted by Gasteiger charge is 2.21. The predicted octanol–water partition coefficient (Wildman–Crippen LogP) is 2.59. The van der Waals surface area contributed by atoms with Crippen LogP contribution in [0.2, 0.25) is 0 Å². The minimum absolute atomic E-state index is 0.0828. The molecule has 1 N–H and O–H groups in total. The molecule has 0 bridgehead atoms. The van der Waals surface area contributed by atoms with Gasteiger partial charge in [0.15, 0.2) is 0 Å². The van der Waals surface area contributed by atoms with Crippen LogP contribution in [0.4, 0.5) is 5.69 Å². The first-order valence-electron chi connectivity index (χ1n) is 5.78. The van der Waals surface area contributed by atoms with E-state index in [2.05, 4.69) is 0 Å². The van der Waals surface area contributed by atoms with Gasteiger partial charge in [-0.1, -0.05) is 18.2 Å². The average Bonchev–Trinajstić information content (AvgIpc) is 2.42. The van der Waals surface area contributed by atoms with Crippen molar-refractivity contribution in [1.82, 2.24) is 0 Å². The number of imide groups is 1. The van der Waals surface area contributed by atoms with E-state index in [0.29, 0.717) is 11.3 Å². The number of hydrogen-bond donors (Lipinski definition) is 1. The lowest BCUT2D eigenvalue weighted by atomic mass is 10.1. The van der Waals surface area contributed by atoms with Gasteiger partial charge in [-0.25, -0.2) is 4.90 Å². The van der Waals surface area contributed by atoms with Crippen LogP contribution in [0.5, 0.6) is 5.75 Å². The number of phenolic OH excluding ortho intramolecular Hbond substituents is 1. The van der Waals surface area contributed by atoms with E-state index in [4.69, 9.17) is 0 Å². The lowest BCUT2D eigenvalue weighted by molar-refractivity contribution is -0.115. The molecule has 0 spiro atoms. The fourth-order valence-corrected chi connectivity index (χ4v) is 1.75. The normalized spacial score (nSPS) is 9.95. The summed E-state index contributed by atoms with van der Waals surface area (Å²) in [5.41, 5.74) is 0.866. The third-order valence-electron chi connectivity index (χ3n) is 2.65. The van der Waals surface area contributed by atoms with Gasteiger partial charge in [0.1, 0.15) is 5.75 Å². The van der Waals surface area contributed by atoms with E-state index in [-0.39, 0.29) is 11.7 Å². The first-order chi connectivity index (χ1) is 9.09. The molecule has 19 heavy (non-hydrogen) atoms. The van der Waals surface area contributed by atoms with Crippen molar-refractivity contribution >= 4 is 17.5 Å². The average molecular weight is 255 g/mol. The van der Waals surface area contributed by atoms with Crippen LogP contribution >= 0.6 is 0 Å². The van der Waals surface area contributed by atoms with Crippen molar-refractivity contribution < 1.29 is 14.7 Å². The molecule has 0 atom stereocenters. The van der Waals surface area contributed by atoms with Gasteiger partial charge in [-0.15, -0.1) is 0 Å². The van der Waals surface area contributed by atoms with E-state index in [0.717, 1.165) is 4.90 Å². The summed E-state index contributed by atoms with van der Waals surface area (Å²) >= 11 is 0. The Kier molecular flexibility index (Phi) is 3.61. The van der Waals surface area contributed by atoms with Crippen LogP contribution in [0.1, 0.15) is 17.3 Å². The summed E-state index contributed by atoms with van der Waals surface area (Å²) in [5, 5.41) is 9.24. The van der Waals surface area contributed by atoms with E-state index < -0.39 is 5.91 Å². The highest BCUT2D eigenvalue weighted by atomic mass is 16.3. The quantitative estimate of drug-likeness (QED) is 0.897. The van der Waals surface area contributed by atoms with Crippen molar-refractivity contribution in [3.8, 4) is 5.75 Å². The Labute approximate surface area is 110 Å². The summed E-state index contributed by atoms with van der Waals surface area (Å²) in [4.78, 5) is 25.1. The molecule has 4 nitrogen and oxygen atoms in total. The van der Waals surface area contributed by atoms with Crippen molar-refractivity contribution in [2.75, 3.05) is 4.90 Å². The van der Waals surface area contributed by atoms with Gasteiger partial charge < -0.3 is 5.11 Å². The molecule has 2 aromatic carbocycles. The number of carbonyl (C=O) groups is 2. The molecule has 2 aromatic rings. The van der Waals surface area contributed by atoms with Crippen LogP contribution in [0, 0.1) is 0 Å². The van der Waals surface area contributed by atoms with Gasteiger partial charge in [-0.05, 0) is 36.4 Å². The number of rotatable bonds is 2. The second-order valence-corrected chi connectivity index (χ2v) is 4.04. The molecule has 0 aromatic heterocycles. The van der Waals surface area contributed by atoms with E-state index >= 15 is 0 Å². The first-order valence-corrected chi connectivity index (χ1v) is 5.78. The standard InChI is InChI=1S/C15H13NO3/c1-11(17)16(13-7-9-14(18)10-8-13)15(19)12-5-3-2-4-6-12/h2-10,18H,1H3. The monoisotopic (exact) mass is 255 g/mol. The maximum Gasteiger partial charge on any atom is 0.265 e. The Morgan fingerprint density at radius 3 is 2.05 bits per heavy atom. The Bertz CT molecular complexity index is 591. The number of carbonyl (C=O) groups excluding carboxylic acids is 2. The lowest BCUT2D eigenvalue weighted by Crippen LogP contribution is -2.35. The number of hydrogen-bond acceptors (Lipinski definition) is 3. The Hall–Kier alpha value is -2.62. The molecule has 0 saturated heterocycles. The van der Waals surface area contributed by atoms with Crippen LogP contribution in [0.15, 0.2) is 54.6 Å². The molecule has 0 unspecified atom stereocenters. The third-order valence-corrected chi connectivity index (χ3v) is 2.65. The molecule has 2 amide bonds. The molecule has 0 aliphatic carbocycles. The predicted molar refractivity (Wildman–Crippen MR) is 72.0 cm³/mol. The van der Waals surface area contributed by atoms with Crippen LogP contribution in [0.25, 0.3) is 0 Å². The highest BCUT2D eigenvalue weighted by Crippen LogP contribution is 2.20. The van der Waals surface area contributed by atoms with E-state index in [1.807, 2.05) is 0 Å². The number of benzene rings is 2. The fraction of sp³-hybridized carbons (Fsp3) is 0.0667. The SMILES string of the molecule is CC(=O)N(C(=O)c1ccccc1)c1ccc(O)cc1. The smallest absolute Gasteiger partial charge is 0.265 e. The molecule has 0 heterocycles. The van der Waals surface area contributed by atoms with Crippen molar-refractivity contribution in [3.63, 3.8) is 0 Å². The Balaban J connectivity index is 2.39. The zero-order chi connectivity index (χ0) is 13.8. The summed E-state index contributed by atoms with van der Waals surface area (Å²) in [7, 11) is 0.